The first-order chi connectivity index (χ1) is 6.24. The van der Waals surface area contributed by atoms with Crippen LogP contribution in [0.1, 0.15) is 23.8 Å². The van der Waals surface area contributed by atoms with E-state index in [1.165, 1.54) is 5.38 Å². The molecule has 0 radical (unpaired) electrons. The molecule has 6 heteroatoms. The predicted molar refractivity (Wildman–Crippen MR) is 47.5 cm³/mol. The first kappa shape index (κ1) is 9.79. The molecule has 0 spiro atoms. The Morgan fingerprint density at radius 1 is 1.62 bits per heavy atom. The second-order valence-corrected chi connectivity index (χ2v) is 2.97. The third kappa shape index (κ3) is 2.90. The van der Waals surface area contributed by atoms with E-state index in [9.17, 15) is 9.59 Å². The first-order valence-electron chi connectivity index (χ1n) is 3.81. The summed E-state index contributed by atoms with van der Waals surface area (Å²) in [6, 6.07) is 0. The highest BCUT2D eigenvalue weighted by molar-refractivity contribution is 7.03. The molecule has 1 aromatic heterocycles. The van der Waals surface area contributed by atoms with Crippen molar-refractivity contribution in [2.45, 2.75) is 13.3 Å². The number of Topliss-reactive ketones (excluding diaryl/α,β-unsaturated/α-hetero) is 1. The highest BCUT2D eigenvalue weighted by atomic mass is 32.1. The van der Waals surface area contributed by atoms with Gasteiger partial charge in [-0.2, -0.15) is 0 Å². The number of rotatable bonds is 4. The molecule has 1 N–H and O–H groups in total. The van der Waals surface area contributed by atoms with Gasteiger partial charge in [-0.15, -0.1) is 5.10 Å². The van der Waals surface area contributed by atoms with Crippen molar-refractivity contribution in [3.63, 3.8) is 0 Å². The van der Waals surface area contributed by atoms with Gasteiger partial charge in [-0.25, -0.2) is 0 Å². The van der Waals surface area contributed by atoms with Crippen LogP contribution in [0.3, 0.4) is 0 Å². The summed E-state index contributed by atoms with van der Waals surface area (Å²) in [7, 11) is 0. The van der Waals surface area contributed by atoms with Gasteiger partial charge in [0.15, 0.2) is 11.5 Å². The average Bonchev–Trinajstić information content (AvgIpc) is 2.66. The van der Waals surface area contributed by atoms with E-state index in [1.807, 2.05) is 0 Å². The van der Waals surface area contributed by atoms with Crippen LogP contribution in [0.5, 0.6) is 0 Å². The molecule has 0 saturated heterocycles. The number of hydrogen-bond donors (Lipinski definition) is 1. The van der Waals surface area contributed by atoms with Crippen molar-refractivity contribution in [1.82, 2.24) is 14.9 Å². The predicted octanol–water partition coefficient (Wildman–Crippen LogP) is 0.247. The molecule has 1 aromatic rings. The van der Waals surface area contributed by atoms with Gasteiger partial charge in [0, 0.05) is 11.8 Å². The number of aromatic nitrogens is 2. The highest BCUT2D eigenvalue weighted by Gasteiger charge is 2.08. The summed E-state index contributed by atoms with van der Waals surface area (Å²) < 4.78 is 3.54. The molecule has 0 bridgehead atoms. The molecule has 70 valence electrons. The second-order valence-electron chi connectivity index (χ2n) is 2.37. The molecular formula is C7H9N3O2S. The summed E-state index contributed by atoms with van der Waals surface area (Å²) in [5.74, 6) is -0.355. The molecule has 0 unspecified atom stereocenters. The van der Waals surface area contributed by atoms with Crippen LogP contribution in [0, 0.1) is 0 Å². The van der Waals surface area contributed by atoms with E-state index in [0.717, 1.165) is 11.5 Å². The minimum Gasteiger partial charge on any atom is -0.344 e. The van der Waals surface area contributed by atoms with Crippen molar-refractivity contribution in [3.05, 3.63) is 11.1 Å². The SMILES string of the molecule is CCC(=O)CNC(=O)c1csnn1. The molecule has 0 aliphatic carbocycles. The third-order valence-electron chi connectivity index (χ3n) is 1.43. The molecule has 0 fully saturated rings. The lowest BCUT2D eigenvalue weighted by atomic mass is 10.3. The Labute approximate surface area is 79.3 Å². The van der Waals surface area contributed by atoms with Crippen molar-refractivity contribution in [2.24, 2.45) is 0 Å². The van der Waals surface area contributed by atoms with Gasteiger partial charge in [-0.05, 0) is 11.5 Å². The summed E-state index contributed by atoms with van der Waals surface area (Å²) in [6.45, 7) is 1.81. The summed E-state index contributed by atoms with van der Waals surface area (Å²) in [4.78, 5) is 22.0. The number of carbonyl (C=O) groups is 2. The van der Waals surface area contributed by atoms with Gasteiger partial charge in [0.25, 0.3) is 5.91 Å². The Hall–Kier alpha value is -1.30. The number of ketones is 1. The Bertz CT molecular complexity index is 297. The molecule has 0 aliphatic heterocycles. The third-order valence-corrected chi connectivity index (χ3v) is 1.94. The minimum atomic E-state index is -0.351. The van der Waals surface area contributed by atoms with Crippen LogP contribution in [0.15, 0.2) is 5.38 Å². The van der Waals surface area contributed by atoms with Gasteiger partial charge in [0.1, 0.15) is 0 Å². The lowest BCUT2D eigenvalue weighted by Crippen LogP contribution is -2.29. The number of nitrogens with one attached hydrogen (secondary N) is 1. The molecule has 1 rings (SSSR count). The molecule has 0 aromatic carbocycles. The Kier molecular flexibility index (Phi) is 3.51. The van der Waals surface area contributed by atoms with Crippen molar-refractivity contribution in [2.75, 3.05) is 6.54 Å². The van der Waals surface area contributed by atoms with Crippen molar-refractivity contribution in [1.29, 1.82) is 0 Å². The smallest absolute Gasteiger partial charge is 0.273 e. The molecule has 1 amide bonds. The van der Waals surface area contributed by atoms with Crippen LogP contribution < -0.4 is 5.32 Å². The van der Waals surface area contributed by atoms with Gasteiger partial charge in [-0.1, -0.05) is 11.4 Å². The lowest BCUT2D eigenvalue weighted by molar-refractivity contribution is -0.117. The van der Waals surface area contributed by atoms with Gasteiger partial charge < -0.3 is 5.32 Å². The second kappa shape index (κ2) is 4.66. The molecule has 0 aliphatic rings. The fourth-order valence-corrected chi connectivity index (χ4v) is 1.09. The summed E-state index contributed by atoms with van der Waals surface area (Å²) in [5.41, 5.74) is 0.258. The number of nitrogens with zero attached hydrogens (tertiary/aromatic N) is 2. The maximum atomic E-state index is 11.2. The van der Waals surface area contributed by atoms with E-state index in [-0.39, 0.29) is 23.9 Å². The topological polar surface area (TPSA) is 72.0 Å². The van der Waals surface area contributed by atoms with Crippen LogP contribution >= 0.6 is 11.5 Å². The average molecular weight is 199 g/mol. The number of hydrogen-bond acceptors (Lipinski definition) is 5. The van der Waals surface area contributed by atoms with E-state index in [2.05, 4.69) is 14.9 Å². The standard InChI is InChI=1S/C7H9N3O2S/c1-2-5(11)3-8-7(12)6-4-13-10-9-6/h4H,2-3H2,1H3,(H,8,12). The van der Waals surface area contributed by atoms with Gasteiger partial charge in [-0.3, -0.25) is 9.59 Å². The molecule has 13 heavy (non-hydrogen) atoms. The quantitative estimate of drug-likeness (QED) is 0.754. The Morgan fingerprint density at radius 3 is 2.92 bits per heavy atom. The largest absolute Gasteiger partial charge is 0.344 e. The zero-order valence-corrected chi connectivity index (χ0v) is 7.93. The van der Waals surface area contributed by atoms with Gasteiger partial charge in [0.2, 0.25) is 0 Å². The molecule has 5 nitrogen and oxygen atoms in total. The van der Waals surface area contributed by atoms with E-state index >= 15 is 0 Å². The van der Waals surface area contributed by atoms with Crippen molar-refractivity contribution >= 4 is 23.2 Å². The molecular weight excluding hydrogens is 190 g/mol. The van der Waals surface area contributed by atoms with E-state index in [1.54, 1.807) is 6.92 Å². The number of amides is 1. The minimum absolute atomic E-state index is 0.00320. The lowest BCUT2D eigenvalue weighted by Gasteiger charge is -1.99. The normalized spacial score (nSPS) is 9.62. The highest BCUT2D eigenvalue weighted by Crippen LogP contribution is 1.95. The summed E-state index contributed by atoms with van der Waals surface area (Å²) in [6.07, 6.45) is 0.426. The Morgan fingerprint density at radius 2 is 2.38 bits per heavy atom. The Balaban J connectivity index is 2.39. The summed E-state index contributed by atoms with van der Waals surface area (Å²) >= 11 is 1.10. The molecule has 1 heterocycles. The van der Waals surface area contributed by atoms with E-state index < -0.39 is 0 Å². The van der Waals surface area contributed by atoms with E-state index in [4.69, 9.17) is 0 Å². The zero-order chi connectivity index (χ0) is 9.68. The van der Waals surface area contributed by atoms with Crippen LogP contribution in [-0.4, -0.2) is 27.8 Å². The summed E-state index contributed by atoms with van der Waals surface area (Å²) in [5, 5.41) is 7.55. The zero-order valence-electron chi connectivity index (χ0n) is 7.11. The monoisotopic (exact) mass is 199 g/mol. The van der Waals surface area contributed by atoms with Crippen LogP contribution in [0.4, 0.5) is 0 Å². The van der Waals surface area contributed by atoms with Gasteiger partial charge in [0.05, 0.1) is 6.54 Å². The van der Waals surface area contributed by atoms with Crippen molar-refractivity contribution < 1.29 is 9.59 Å². The van der Waals surface area contributed by atoms with Gasteiger partial charge >= 0.3 is 0 Å². The molecule has 0 saturated carbocycles. The molecule has 0 atom stereocenters. The fraction of sp³-hybridized carbons (Fsp3) is 0.429. The van der Waals surface area contributed by atoms with Crippen molar-refractivity contribution in [3.8, 4) is 0 Å². The van der Waals surface area contributed by atoms with Crippen LogP contribution in [0.25, 0.3) is 0 Å². The van der Waals surface area contributed by atoms with Crippen LogP contribution in [0.2, 0.25) is 0 Å². The maximum absolute atomic E-state index is 11.2. The van der Waals surface area contributed by atoms with Crippen LogP contribution in [-0.2, 0) is 4.79 Å². The number of carbonyl (C=O) groups excluding carboxylic acids is 2. The first-order valence-corrected chi connectivity index (χ1v) is 4.64. The fourth-order valence-electron chi connectivity index (χ4n) is 0.658. The maximum Gasteiger partial charge on any atom is 0.273 e. The van der Waals surface area contributed by atoms with E-state index in [0.29, 0.717) is 6.42 Å².